The van der Waals surface area contributed by atoms with Crippen LogP contribution in [0.4, 0.5) is 34.1 Å². The molecule has 14 aromatic rings. The van der Waals surface area contributed by atoms with Gasteiger partial charge in [-0.1, -0.05) is 322 Å². The highest BCUT2D eigenvalue weighted by Crippen LogP contribution is 2.66. The summed E-state index contributed by atoms with van der Waals surface area (Å²) in [7, 11) is 0. The smallest absolute Gasteiger partial charge is 0.0727 e. The van der Waals surface area contributed by atoms with E-state index in [1.54, 1.807) is 0 Å². The van der Waals surface area contributed by atoms with Crippen molar-refractivity contribution in [2.45, 2.75) is 68.6 Å². The van der Waals surface area contributed by atoms with E-state index >= 15 is 0 Å². The maximum atomic E-state index is 4.17. The summed E-state index contributed by atoms with van der Waals surface area (Å²) in [4.78, 5) is 5.01. The third-order valence-corrected chi connectivity index (χ3v) is 22.7. The summed E-state index contributed by atoms with van der Waals surface area (Å²) in [6, 6.07) is 125. The second kappa shape index (κ2) is 23.1. The standard InChI is InChI=1S/C99H78N2/c1-9-65-37-41-69(42-38-65)97(71-49-45-67(46-50-71)95(3,4)5)87-33-21-17-29-79(87)83-57-53-75(61-91(83)97)100(73-25-13-11-14-26-73)77-55-59-85-81-31-19-23-35-89(81)99(93(85)63-77)90-36-24-20-32-82(90)86-60-56-78(64-94(86)99)101(74-27-15-12-16-28-74)76-54-58-84-80-30-18-22-34-88(80)98(92(84)62-76,70-43-39-66(10-2)40-44-70)72-51-47-68(48-52-72)96(6,7)8/h9-64H,1-2H2,3-8H3. The molecule has 0 aliphatic heterocycles. The van der Waals surface area contributed by atoms with Crippen molar-refractivity contribution < 1.29 is 0 Å². The Balaban J connectivity index is 0.842. The van der Waals surface area contributed by atoms with Gasteiger partial charge in [-0.15, -0.1) is 0 Å². The lowest BCUT2D eigenvalue weighted by molar-refractivity contribution is 0.589. The fourth-order valence-electron chi connectivity index (χ4n) is 18.0. The van der Waals surface area contributed by atoms with Crippen LogP contribution in [0.25, 0.3) is 56.7 Å². The van der Waals surface area contributed by atoms with Crippen molar-refractivity contribution in [3.05, 3.63) is 430 Å². The molecule has 14 aromatic carbocycles. The lowest BCUT2D eigenvalue weighted by Gasteiger charge is -2.36. The van der Waals surface area contributed by atoms with Gasteiger partial charge in [-0.05, 0) is 217 Å². The molecule has 4 aliphatic rings. The van der Waals surface area contributed by atoms with Crippen LogP contribution in [0, 0.1) is 0 Å². The van der Waals surface area contributed by atoms with E-state index in [9.17, 15) is 0 Å². The Bertz CT molecular complexity index is 5280. The molecule has 0 radical (unpaired) electrons. The second-order valence-corrected chi connectivity index (χ2v) is 30.0. The van der Waals surface area contributed by atoms with Crippen LogP contribution in [0.15, 0.2) is 341 Å². The quantitative estimate of drug-likeness (QED) is 0.120. The Morgan fingerprint density at radius 3 is 0.743 bits per heavy atom. The molecular formula is C99H78N2. The largest absolute Gasteiger partial charge is 0.310 e. The summed E-state index contributed by atoms with van der Waals surface area (Å²) < 4.78 is 0. The number of anilines is 6. The van der Waals surface area contributed by atoms with Crippen LogP contribution >= 0.6 is 0 Å². The van der Waals surface area contributed by atoms with Gasteiger partial charge >= 0.3 is 0 Å². The molecule has 2 unspecified atom stereocenters. The topological polar surface area (TPSA) is 6.48 Å². The molecule has 4 aliphatic carbocycles. The van der Waals surface area contributed by atoms with Gasteiger partial charge in [0.25, 0.3) is 0 Å². The first-order valence-electron chi connectivity index (χ1n) is 35.6. The van der Waals surface area contributed by atoms with Crippen LogP contribution < -0.4 is 9.80 Å². The number of nitrogens with zero attached hydrogens (tertiary/aromatic N) is 2. The number of rotatable bonds is 12. The van der Waals surface area contributed by atoms with Crippen LogP contribution in [0.5, 0.6) is 0 Å². The van der Waals surface area contributed by atoms with E-state index in [0.29, 0.717) is 0 Å². The Morgan fingerprint density at radius 1 is 0.228 bits per heavy atom. The maximum Gasteiger partial charge on any atom is 0.0727 e. The third-order valence-electron chi connectivity index (χ3n) is 22.7. The van der Waals surface area contributed by atoms with Gasteiger partial charge in [-0.3, -0.25) is 0 Å². The SMILES string of the molecule is C=Cc1ccc(C2(c3ccc(C(C)(C)C)cc3)c3ccccc3-c3ccc(N(c4ccccc4)c4ccc5c(c4)C4(c6ccccc6-5)c5ccccc5-c5ccc(N(c6ccccc6)c6ccc7c(c6)C(c6ccc(C=C)cc6)(c6ccc(C(C)(C)C)cc6)c6ccccc6-7)cc54)cc32)cc1. The normalized spacial score (nSPS) is 17.0. The summed E-state index contributed by atoms with van der Waals surface area (Å²) in [6.45, 7) is 22.2. The van der Waals surface area contributed by atoms with Crippen molar-refractivity contribution >= 4 is 46.3 Å². The van der Waals surface area contributed by atoms with Crippen LogP contribution in [-0.2, 0) is 27.1 Å². The number of hydrogen-bond donors (Lipinski definition) is 0. The van der Waals surface area contributed by atoms with Gasteiger partial charge in [0, 0.05) is 34.1 Å². The lowest BCUT2D eigenvalue weighted by atomic mass is 9.67. The molecule has 2 atom stereocenters. The van der Waals surface area contributed by atoms with Gasteiger partial charge in [0.2, 0.25) is 0 Å². The number of benzene rings is 14. The summed E-state index contributed by atoms with van der Waals surface area (Å²) in [5.74, 6) is 0. The minimum Gasteiger partial charge on any atom is -0.310 e. The molecular weight excluding hydrogens is 1220 g/mol. The van der Waals surface area contributed by atoms with E-state index in [-0.39, 0.29) is 10.8 Å². The average Bonchev–Trinajstić information content (AvgIpc) is 1.53. The van der Waals surface area contributed by atoms with Crippen LogP contribution in [-0.4, -0.2) is 0 Å². The van der Waals surface area contributed by atoms with Crippen LogP contribution in [0.2, 0.25) is 0 Å². The van der Waals surface area contributed by atoms with E-state index in [4.69, 9.17) is 0 Å². The van der Waals surface area contributed by atoms with E-state index in [1.165, 1.54) is 122 Å². The van der Waals surface area contributed by atoms with Gasteiger partial charge in [-0.2, -0.15) is 0 Å². The highest BCUT2D eigenvalue weighted by Gasteiger charge is 2.53. The molecule has 18 rings (SSSR count). The van der Waals surface area contributed by atoms with Gasteiger partial charge < -0.3 is 9.80 Å². The van der Waals surface area contributed by atoms with E-state index in [0.717, 1.165) is 45.3 Å². The Kier molecular flexibility index (Phi) is 14.1. The first-order chi connectivity index (χ1) is 49.2. The molecule has 0 amide bonds. The van der Waals surface area contributed by atoms with Gasteiger partial charge in [0.1, 0.15) is 0 Å². The summed E-state index contributed by atoms with van der Waals surface area (Å²) >= 11 is 0. The second-order valence-electron chi connectivity index (χ2n) is 30.0. The summed E-state index contributed by atoms with van der Waals surface area (Å²) in [6.07, 6.45) is 3.89. The van der Waals surface area contributed by atoms with Crippen LogP contribution in [0.1, 0.15) is 131 Å². The van der Waals surface area contributed by atoms with Gasteiger partial charge in [0.05, 0.1) is 16.2 Å². The van der Waals surface area contributed by atoms with E-state index < -0.39 is 16.2 Å². The van der Waals surface area contributed by atoms with Crippen molar-refractivity contribution in [1.82, 2.24) is 0 Å². The first kappa shape index (κ1) is 61.5. The number of hydrogen-bond acceptors (Lipinski definition) is 2. The van der Waals surface area contributed by atoms with Crippen LogP contribution in [0.3, 0.4) is 0 Å². The van der Waals surface area contributed by atoms with Crippen molar-refractivity contribution in [1.29, 1.82) is 0 Å². The van der Waals surface area contributed by atoms with Crippen molar-refractivity contribution in [2.24, 2.45) is 0 Å². The van der Waals surface area contributed by atoms with E-state index in [2.05, 4.69) is 392 Å². The predicted molar refractivity (Wildman–Crippen MR) is 424 cm³/mol. The van der Waals surface area contributed by atoms with Gasteiger partial charge in [0.15, 0.2) is 0 Å². The molecule has 0 saturated carbocycles. The molecule has 0 saturated heterocycles. The monoisotopic (exact) mass is 1290 g/mol. The minimum atomic E-state index is -0.703. The summed E-state index contributed by atoms with van der Waals surface area (Å²) in [5.41, 5.74) is 34.3. The van der Waals surface area contributed by atoms with Crippen molar-refractivity contribution in [2.75, 3.05) is 9.80 Å². The first-order valence-corrected chi connectivity index (χ1v) is 35.6. The predicted octanol–water partition coefficient (Wildman–Crippen LogP) is 25.6. The molecule has 2 heteroatoms. The zero-order valence-electron chi connectivity index (χ0n) is 58.1. The fourth-order valence-corrected chi connectivity index (χ4v) is 18.0. The number of fused-ring (bicyclic) bond motifs is 16. The molecule has 101 heavy (non-hydrogen) atoms. The Hall–Kier alpha value is -11.8. The Labute approximate surface area is 595 Å². The molecule has 0 aromatic heterocycles. The molecule has 0 fully saturated rings. The molecule has 1 spiro atoms. The maximum absolute atomic E-state index is 4.17. The van der Waals surface area contributed by atoms with E-state index in [1.807, 2.05) is 12.2 Å². The summed E-state index contributed by atoms with van der Waals surface area (Å²) in [5, 5.41) is 0. The van der Waals surface area contributed by atoms with Crippen molar-refractivity contribution in [3.8, 4) is 44.5 Å². The minimum absolute atomic E-state index is 0.0126. The van der Waals surface area contributed by atoms with Crippen molar-refractivity contribution in [3.63, 3.8) is 0 Å². The van der Waals surface area contributed by atoms with Gasteiger partial charge in [-0.25, -0.2) is 0 Å². The molecule has 0 N–H and O–H groups in total. The third kappa shape index (κ3) is 9.10. The fraction of sp³-hybridized carbons (Fsp3) is 0.111. The molecule has 2 nitrogen and oxygen atoms in total. The molecule has 484 valence electrons. The highest BCUT2D eigenvalue weighted by atomic mass is 15.1. The molecule has 0 heterocycles. The molecule has 0 bridgehead atoms. The zero-order valence-corrected chi connectivity index (χ0v) is 58.1. The zero-order chi connectivity index (χ0) is 68.6. The Morgan fingerprint density at radius 2 is 0.465 bits per heavy atom. The lowest BCUT2D eigenvalue weighted by Crippen LogP contribution is -2.29. The highest BCUT2D eigenvalue weighted by molar-refractivity contribution is 5.99. The average molecular weight is 1300 g/mol. The number of para-hydroxylation sites is 2.